The van der Waals surface area contributed by atoms with Crippen LogP contribution in [0.15, 0.2) is 48.8 Å². The number of fused-ring (bicyclic) bond motifs is 1. The number of nitrogens with zero attached hydrogens (tertiary/aromatic N) is 2. The smallest absolute Gasteiger partial charge is 0.271 e. The van der Waals surface area contributed by atoms with Crippen LogP contribution in [0.25, 0.3) is 10.9 Å². The van der Waals surface area contributed by atoms with Gasteiger partial charge in [-0.15, -0.1) is 0 Å². The molecule has 0 radical (unpaired) electrons. The quantitative estimate of drug-likeness (QED) is 0.521. The fourth-order valence-electron chi connectivity index (χ4n) is 3.87. The topological polar surface area (TPSA) is 106 Å². The van der Waals surface area contributed by atoms with Crippen LogP contribution >= 0.6 is 0 Å². The van der Waals surface area contributed by atoms with E-state index in [1.54, 1.807) is 49.7 Å². The van der Waals surface area contributed by atoms with Gasteiger partial charge in [-0.05, 0) is 36.4 Å². The van der Waals surface area contributed by atoms with Gasteiger partial charge in [-0.3, -0.25) is 14.6 Å². The summed E-state index contributed by atoms with van der Waals surface area (Å²) >= 11 is 0. The van der Waals surface area contributed by atoms with Crippen LogP contribution in [0.1, 0.15) is 16.9 Å². The molecule has 0 spiro atoms. The van der Waals surface area contributed by atoms with Crippen LogP contribution in [0.3, 0.4) is 0 Å². The third kappa shape index (κ3) is 4.67. The minimum atomic E-state index is -0.651. The molecule has 2 N–H and O–H groups in total. The number of hydrogen-bond acceptors (Lipinski definition) is 6. The van der Waals surface area contributed by atoms with Crippen molar-refractivity contribution in [2.24, 2.45) is 0 Å². The molecule has 1 aromatic carbocycles. The second-order valence-electron chi connectivity index (χ2n) is 7.56. The summed E-state index contributed by atoms with van der Waals surface area (Å²) in [7, 11) is 3.17. The van der Waals surface area contributed by atoms with Crippen molar-refractivity contribution in [2.45, 2.75) is 18.6 Å². The molecule has 9 nitrogen and oxygen atoms in total. The number of amides is 2. The van der Waals surface area contributed by atoms with E-state index in [0.717, 1.165) is 10.9 Å². The molecule has 1 fully saturated rings. The van der Waals surface area contributed by atoms with Crippen molar-refractivity contribution in [3.63, 3.8) is 0 Å². The van der Waals surface area contributed by atoms with E-state index < -0.39 is 6.04 Å². The Labute approximate surface area is 185 Å². The van der Waals surface area contributed by atoms with Crippen molar-refractivity contribution in [1.29, 1.82) is 0 Å². The maximum Gasteiger partial charge on any atom is 0.271 e. The van der Waals surface area contributed by atoms with E-state index in [1.165, 1.54) is 0 Å². The van der Waals surface area contributed by atoms with Gasteiger partial charge < -0.3 is 29.4 Å². The van der Waals surface area contributed by atoms with E-state index in [1.807, 2.05) is 18.2 Å². The lowest BCUT2D eigenvalue weighted by molar-refractivity contribution is -0.125. The SMILES string of the molecule is COCCNC(=O)[C@@H]1C[C@H](Oc2cccnc2)CN1C(=O)c1cc2cc(OC)ccc2[nH]1. The molecule has 4 rings (SSSR count). The monoisotopic (exact) mass is 438 g/mol. The predicted octanol–water partition coefficient (Wildman–Crippen LogP) is 2.00. The lowest BCUT2D eigenvalue weighted by Gasteiger charge is -2.23. The zero-order valence-corrected chi connectivity index (χ0v) is 18.0. The molecule has 0 bridgehead atoms. The van der Waals surface area contributed by atoms with Crippen molar-refractivity contribution >= 4 is 22.7 Å². The van der Waals surface area contributed by atoms with Crippen LogP contribution in [0.2, 0.25) is 0 Å². The van der Waals surface area contributed by atoms with E-state index in [9.17, 15) is 9.59 Å². The highest BCUT2D eigenvalue weighted by Gasteiger charge is 2.41. The molecule has 2 atom stereocenters. The molecule has 3 heterocycles. The summed E-state index contributed by atoms with van der Waals surface area (Å²) in [5, 5.41) is 3.69. The normalized spacial score (nSPS) is 18.0. The summed E-state index contributed by atoms with van der Waals surface area (Å²) in [5.74, 6) is 0.815. The van der Waals surface area contributed by atoms with E-state index in [0.29, 0.717) is 36.8 Å². The third-order valence-electron chi connectivity index (χ3n) is 5.43. The molecular formula is C23H26N4O5. The van der Waals surface area contributed by atoms with Gasteiger partial charge in [0.2, 0.25) is 5.91 Å². The van der Waals surface area contributed by atoms with Gasteiger partial charge in [0.25, 0.3) is 5.91 Å². The average molecular weight is 438 g/mol. The van der Waals surface area contributed by atoms with Crippen LogP contribution in [0.5, 0.6) is 11.5 Å². The first-order valence-electron chi connectivity index (χ1n) is 10.4. The number of carbonyl (C=O) groups excluding carboxylic acids is 2. The lowest BCUT2D eigenvalue weighted by Crippen LogP contribution is -2.46. The number of methoxy groups -OCH3 is 2. The molecule has 2 amide bonds. The summed E-state index contributed by atoms with van der Waals surface area (Å²) in [6.07, 6.45) is 3.33. The zero-order chi connectivity index (χ0) is 22.5. The van der Waals surface area contributed by atoms with Gasteiger partial charge in [0.1, 0.15) is 29.3 Å². The Morgan fingerprint density at radius 2 is 2.09 bits per heavy atom. The van der Waals surface area contributed by atoms with Crippen LogP contribution < -0.4 is 14.8 Å². The van der Waals surface area contributed by atoms with Crippen LogP contribution in [-0.4, -0.2) is 72.7 Å². The molecule has 1 aliphatic heterocycles. The van der Waals surface area contributed by atoms with Gasteiger partial charge in [0, 0.05) is 37.2 Å². The number of rotatable bonds is 8. The van der Waals surface area contributed by atoms with E-state index >= 15 is 0 Å². The number of aromatic nitrogens is 2. The Balaban J connectivity index is 1.56. The molecule has 0 aliphatic carbocycles. The van der Waals surface area contributed by atoms with Gasteiger partial charge in [-0.25, -0.2) is 0 Å². The second-order valence-corrected chi connectivity index (χ2v) is 7.56. The number of nitrogens with one attached hydrogen (secondary N) is 2. The Morgan fingerprint density at radius 3 is 2.84 bits per heavy atom. The number of hydrogen-bond donors (Lipinski definition) is 2. The highest BCUT2D eigenvalue weighted by atomic mass is 16.5. The largest absolute Gasteiger partial charge is 0.497 e. The lowest BCUT2D eigenvalue weighted by atomic mass is 10.1. The Morgan fingerprint density at radius 1 is 1.22 bits per heavy atom. The fourth-order valence-corrected chi connectivity index (χ4v) is 3.87. The minimum Gasteiger partial charge on any atom is -0.497 e. The first-order chi connectivity index (χ1) is 15.6. The van der Waals surface area contributed by atoms with Gasteiger partial charge in [-0.1, -0.05) is 0 Å². The minimum absolute atomic E-state index is 0.231. The number of likely N-dealkylation sites (tertiary alicyclic amines) is 1. The van der Waals surface area contributed by atoms with Crippen LogP contribution in [0, 0.1) is 0 Å². The van der Waals surface area contributed by atoms with E-state index in [4.69, 9.17) is 14.2 Å². The van der Waals surface area contributed by atoms with Crippen LogP contribution in [0.4, 0.5) is 0 Å². The summed E-state index contributed by atoms with van der Waals surface area (Å²) in [4.78, 5) is 35.0. The number of carbonyl (C=O) groups is 2. The van der Waals surface area contributed by atoms with Gasteiger partial charge in [0.15, 0.2) is 0 Å². The molecule has 9 heteroatoms. The molecule has 3 aromatic rings. The molecule has 1 saturated heterocycles. The Bertz CT molecular complexity index is 1080. The second kappa shape index (κ2) is 9.69. The maximum absolute atomic E-state index is 13.4. The molecule has 0 unspecified atom stereocenters. The zero-order valence-electron chi connectivity index (χ0n) is 18.0. The molecule has 2 aromatic heterocycles. The average Bonchev–Trinajstić information content (AvgIpc) is 3.43. The standard InChI is InChI=1S/C23H26N4O5/c1-30-9-8-25-22(28)21-12-18(32-17-4-3-7-24-13-17)14-27(21)23(29)20-11-15-10-16(31-2)5-6-19(15)26-20/h3-7,10-11,13,18,21,26H,8-9,12,14H2,1-2H3,(H,25,28)/t18-,21-/m0/s1. The van der Waals surface area contributed by atoms with Gasteiger partial charge in [0.05, 0.1) is 26.5 Å². The number of ether oxygens (including phenoxy) is 3. The third-order valence-corrected chi connectivity index (χ3v) is 5.43. The Hall–Kier alpha value is -3.59. The fraction of sp³-hybridized carbons (Fsp3) is 0.348. The van der Waals surface area contributed by atoms with Crippen molar-refractivity contribution in [2.75, 3.05) is 33.9 Å². The van der Waals surface area contributed by atoms with Gasteiger partial charge >= 0.3 is 0 Å². The maximum atomic E-state index is 13.4. The number of benzene rings is 1. The Kier molecular flexibility index (Phi) is 6.55. The summed E-state index contributed by atoms with van der Waals surface area (Å²) < 4.78 is 16.3. The first kappa shape index (κ1) is 21.6. The van der Waals surface area contributed by atoms with Gasteiger partial charge in [-0.2, -0.15) is 0 Å². The summed E-state index contributed by atoms with van der Waals surface area (Å²) in [5.41, 5.74) is 1.22. The summed E-state index contributed by atoms with van der Waals surface area (Å²) in [6.45, 7) is 1.05. The number of aromatic amines is 1. The van der Waals surface area contributed by atoms with E-state index in [2.05, 4.69) is 15.3 Å². The molecular weight excluding hydrogens is 412 g/mol. The van der Waals surface area contributed by atoms with Crippen molar-refractivity contribution in [3.8, 4) is 11.5 Å². The van der Waals surface area contributed by atoms with Crippen molar-refractivity contribution < 1.29 is 23.8 Å². The van der Waals surface area contributed by atoms with Crippen LogP contribution in [-0.2, 0) is 9.53 Å². The molecule has 1 aliphatic rings. The summed E-state index contributed by atoms with van der Waals surface area (Å²) in [6, 6.07) is 10.2. The van der Waals surface area contributed by atoms with Crippen molar-refractivity contribution in [1.82, 2.24) is 20.2 Å². The number of H-pyrrole nitrogens is 1. The first-order valence-corrected chi connectivity index (χ1v) is 10.4. The molecule has 168 valence electrons. The highest BCUT2D eigenvalue weighted by molar-refractivity contribution is 6.00. The molecule has 32 heavy (non-hydrogen) atoms. The van der Waals surface area contributed by atoms with E-state index in [-0.39, 0.29) is 24.5 Å². The predicted molar refractivity (Wildman–Crippen MR) is 118 cm³/mol. The van der Waals surface area contributed by atoms with Crippen molar-refractivity contribution in [3.05, 3.63) is 54.5 Å². The molecule has 0 saturated carbocycles. The number of pyridine rings is 1. The highest BCUT2D eigenvalue weighted by Crippen LogP contribution is 2.27.